The van der Waals surface area contributed by atoms with E-state index in [1.807, 2.05) is 13.8 Å². The number of nitrogens with one attached hydrogen (secondary N) is 1. The number of hydrogen-bond acceptors (Lipinski definition) is 3. The molecule has 2 rings (SSSR count). The minimum absolute atomic E-state index is 0.0355. The summed E-state index contributed by atoms with van der Waals surface area (Å²) >= 11 is 12.0. The Balaban J connectivity index is 2.17. The van der Waals surface area contributed by atoms with Gasteiger partial charge in [0.15, 0.2) is 0 Å². The SMILES string of the molecule is CCC(CC)N1C(=O)CC(Nc2cc(Cl)ccc2Cl)C1=O. The second-order valence-corrected chi connectivity index (χ2v) is 5.94. The Morgan fingerprint density at radius 2 is 1.95 bits per heavy atom. The molecule has 1 unspecified atom stereocenters. The Kier molecular flexibility index (Phi) is 5.12. The standard InChI is InChI=1S/C15H18Cl2N2O2/c1-3-10(4-2)19-14(20)8-13(15(19)21)18-12-7-9(16)5-6-11(12)17/h5-7,10,13,18H,3-4,8H2,1-2H3. The van der Waals surface area contributed by atoms with Crippen molar-refractivity contribution >= 4 is 40.7 Å². The molecule has 0 aliphatic carbocycles. The predicted molar refractivity (Wildman–Crippen MR) is 84.7 cm³/mol. The van der Waals surface area contributed by atoms with Gasteiger partial charge in [-0.15, -0.1) is 0 Å². The van der Waals surface area contributed by atoms with E-state index in [9.17, 15) is 9.59 Å². The summed E-state index contributed by atoms with van der Waals surface area (Å²) in [6.07, 6.45) is 1.68. The lowest BCUT2D eigenvalue weighted by atomic mass is 10.1. The third-order valence-electron chi connectivity index (χ3n) is 3.75. The van der Waals surface area contributed by atoms with Crippen LogP contribution in [0.2, 0.25) is 10.0 Å². The van der Waals surface area contributed by atoms with Crippen LogP contribution in [0.4, 0.5) is 5.69 Å². The van der Waals surface area contributed by atoms with Gasteiger partial charge in [0.25, 0.3) is 5.91 Å². The van der Waals surface area contributed by atoms with E-state index in [4.69, 9.17) is 23.2 Å². The van der Waals surface area contributed by atoms with Crippen LogP contribution in [0.15, 0.2) is 18.2 Å². The first-order chi connectivity index (χ1) is 9.97. The van der Waals surface area contributed by atoms with Gasteiger partial charge in [0.05, 0.1) is 17.1 Å². The average Bonchev–Trinajstić information content (AvgIpc) is 2.72. The van der Waals surface area contributed by atoms with Crippen molar-refractivity contribution in [1.82, 2.24) is 4.90 Å². The first-order valence-electron chi connectivity index (χ1n) is 7.05. The Labute approximate surface area is 134 Å². The summed E-state index contributed by atoms with van der Waals surface area (Å²) in [5.41, 5.74) is 0.571. The number of anilines is 1. The molecular weight excluding hydrogens is 311 g/mol. The summed E-state index contributed by atoms with van der Waals surface area (Å²) in [6.45, 7) is 3.95. The average molecular weight is 329 g/mol. The molecule has 1 aliphatic heterocycles. The number of rotatable bonds is 5. The van der Waals surface area contributed by atoms with Crippen molar-refractivity contribution in [3.63, 3.8) is 0 Å². The van der Waals surface area contributed by atoms with E-state index in [1.54, 1.807) is 18.2 Å². The molecule has 21 heavy (non-hydrogen) atoms. The van der Waals surface area contributed by atoms with Gasteiger partial charge in [-0.25, -0.2) is 0 Å². The van der Waals surface area contributed by atoms with E-state index in [1.165, 1.54) is 4.90 Å². The van der Waals surface area contributed by atoms with Gasteiger partial charge in [-0.05, 0) is 31.0 Å². The zero-order valence-corrected chi connectivity index (χ0v) is 13.5. The highest BCUT2D eigenvalue weighted by molar-refractivity contribution is 6.35. The lowest BCUT2D eigenvalue weighted by molar-refractivity contribution is -0.141. The van der Waals surface area contributed by atoms with E-state index in [-0.39, 0.29) is 24.3 Å². The maximum atomic E-state index is 12.4. The van der Waals surface area contributed by atoms with Crippen LogP contribution in [0.25, 0.3) is 0 Å². The normalized spacial score (nSPS) is 18.7. The van der Waals surface area contributed by atoms with Gasteiger partial charge >= 0.3 is 0 Å². The summed E-state index contributed by atoms with van der Waals surface area (Å²) in [4.78, 5) is 25.9. The summed E-state index contributed by atoms with van der Waals surface area (Å²) in [5.74, 6) is -0.325. The minimum atomic E-state index is -0.575. The van der Waals surface area contributed by atoms with Crippen LogP contribution in [0.1, 0.15) is 33.1 Å². The van der Waals surface area contributed by atoms with Crippen molar-refractivity contribution in [3.8, 4) is 0 Å². The largest absolute Gasteiger partial charge is 0.372 e. The van der Waals surface area contributed by atoms with Crippen molar-refractivity contribution in [1.29, 1.82) is 0 Å². The van der Waals surface area contributed by atoms with E-state index in [0.29, 0.717) is 15.7 Å². The molecule has 0 saturated carbocycles. The fourth-order valence-corrected chi connectivity index (χ4v) is 2.94. The van der Waals surface area contributed by atoms with Gasteiger partial charge in [0.1, 0.15) is 6.04 Å². The molecule has 1 atom stereocenters. The second kappa shape index (κ2) is 6.67. The molecule has 4 nitrogen and oxygen atoms in total. The number of carbonyl (C=O) groups is 2. The summed E-state index contributed by atoms with van der Waals surface area (Å²) < 4.78 is 0. The molecule has 0 spiro atoms. The monoisotopic (exact) mass is 328 g/mol. The number of amides is 2. The molecule has 0 bridgehead atoms. The van der Waals surface area contributed by atoms with E-state index in [0.717, 1.165) is 12.8 Å². The summed E-state index contributed by atoms with van der Waals surface area (Å²) in [6, 6.07) is 4.38. The molecule has 1 aromatic rings. The maximum Gasteiger partial charge on any atom is 0.252 e. The number of carbonyl (C=O) groups excluding carboxylic acids is 2. The second-order valence-electron chi connectivity index (χ2n) is 5.10. The molecule has 1 saturated heterocycles. The number of hydrogen-bond donors (Lipinski definition) is 1. The molecule has 1 aliphatic rings. The van der Waals surface area contributed by atoms with Gasteiger partial charge in [-0.2, -0.15) is 0 Å². The van der Waals surface area contributed by atoms with E-state index in [2.05, 4.69) is 5.32 Å². The third kappa shape index (κ3) is 3.33. The fourth-order valence-electron chi connectivity index (χ4n) is 2.60. The van der Waals surface area contributed by atoms with Gasteiger partial charge < -0.3 is 5.32 Å². The molecule has 1 heterocycles. The number of halogens is 2. The topological polar surface area (TPSA) is 49.4 Å². The zero-order valence-electron chi connectivity index (χ0n) is 12.0. The minimum Gasteiger partial charge on any atom is -0.372 e. The van der Waals surface area contributed by atoms with E-state index >= 15 is 0 Å². The fraction of sp³-hybridized carbons (Fsp3) is 0.467. The quantitative estimate of drug-likeness (QED) is 0.838. The van der Waals surface area contributed by atoms with Crippen LogP contribution in [-0.4, -0.2) is 28.8 Å². The van der Waals surface area contributed by atoms with Crippen LogP contribution in [0.3, 0.4) is 0 Å². The molecule has 1 N–H and O–H groups in total. The molecule has 1 fully saturated rings. The van der Waals surface area contributed by atoms with Crippen molar-refractivity contribution < 1.29 is 9.59 Å². The van der Waals surface area contributed by atoms with Crippen LogP contribution in [0, 0.1) is 0 Å². The Morgan fingerprint density at radius 1 is 1.29 bits per heavy atom. The number of benzene rings is 1. The molecule has 0 radical (unpaired) electrons. The maximum absolute atomic E-state index is 12.4. The Morgan fingerprint density at radius 3 is 2.57 bits per heavy atom. The van der Waals surface area contributed by atoms with Crippen molar-refractivity contribution in [2.24, 2.45) is 0 Å². The van der Waals surface area contributed by atoms with E-state index < -0.39 is 6.04 Å². The predicted octanol–water partition coefficient (Wildman–Crippen LogP) is 3.72. The zero-order chi connectivity index (χ0) is 15.6. The summed E-state index contributed by atoms with van der Waals surface area (Å²) in [5, 5.41) is 4.03. The number of likely N-dealkylation sites (tertiary alicyclic amines) is 1. The first-order valence-corrected chi connectivity index (χ1v) is 7.81. The van der Waals surface area contributed by atoms with Crippen molar-refractivity contribution in [3.05, 3.63) is 28.2 Å². The van der Waals surface area contributed by atoms with Gasteiger partial charge in [-0.1, -0.05) is 37.0 Å². The molecule has 6 heteroatoms. The van der Waals surface area contributed by atoms with Gasteiger partial charge in [0, 0.05) is 11.1 Å². The van der Waals surface area contributed by atoms with Gasteiger partial charge in [-0.3, -0.25) is 14.5 Å². The van der Waals surface area contributed by atoms with Crippen molar-refractivity contribution in [2.75, 3.05) is 5.32 Å². The highest BCUT2D eigenvalue weighted by Gasteiger charge is 2.41. The van der Waals surface area contributed by atoms with Crippen LogP contribution < -0.4 is 5.32 Å². The number of nitrogens with zero attached hydrogens (tertiary/aromatic N) is 1. The van der Waals surface area contributed by atoms with Crippen LogP contribution >= 0.6 is 23.2 Å². The van der Waals surface area contributed by atoms with Crippen molar-refractivity contribution in [2.45, 2.75) is 45.2 Å². The molecule has 1 aromatic carbocycles. The number of imide groups is 1. The van der Waals surface area contributed by atoms with Crippen LogP contribution in [0.5, 0.6) is 0 Å². The smallest absolute Gasteiger partial charge is 0.252 e. The highest BCUT2D eigenvalue weighted by Crippen LogP contribution is 2.29. The van der Waals surface area contributed by atoms with Crippen LogP contribution in [-0.2, 0) is 9.59 Å². The highest BCUT2D eigenvalue weighted by atomic mass is 35.5. The molecule has 0 aromatic heterocycles. The molecule has 114 valence electrons. The van der Waals surface area contributed by atoms with Gasteiger partial charge in [0.2, 0.25) is 5.91 Å². The lowest BCUT2D eigenvalue weighted by Gasteiger charge is -2.24. The third-order valence-corrected chi connectivity index (χ3v) is 4.31. The molecular formula is C15H18Cl2N2O2. The Hall–Kier alpha value is -1.26. The Bertz CT molecular complexity index is 559. The lowest BCUT2D eigenvalue weighted by Crippen LogP contribution is -2.41. The first kappa shape index (κ1) is 16.1. The summed E-state index contributed by atoms with van der Waals surface area (Å²) in [7, 11) is 0. The molecule has 2 amide bonds.